The minimum atomic E-state index is -4.64. The van der Waals surface area contributed by atoms with E-state index in [1.165, 1.54) is 6.42 Å². The first-order valence-corrected chi connectivity index (χ1v) is 3.76. The average Bonchev–Trinajstić information content (AvgIpc) is 1.27. The molecule has 68 valence electrons. The van der Waals surface area contributed by atoms with Crippen LogP contribution in [0.5, 0.6) is 0 Å². The molecule has 0 saturated carbocycles. The van der Waals surface area contributed by atoms with Gasteiger partial charge in [-0.3, -0.25) is 0 Å². The van der Waals surface area contributed by atoms with Crippen molar-refractivity contribution in [2.24, 2.45) is 0 Å². The molecule has 0 fully saturated rings. The highest BCUT2D eigenvalue weighted by atomic mass is 31.2. The van der Waals surface area contributed by atoms with E-state index in [1.54, 1.807) is 0 Å². The van der Waals surface area contributed by atoms with Gasteiger partial charge in [-0.2, -0.15) is 0 Å². The Morgan fingerprint density at radius 1 is 1.10 bits per heavy atom. The molecule has 0 unspecified atom stereocenters. The van der Waals surface area contributed by atoms with Crippen molar-refractivity contribution < 1.29 is 19.2 Å². The van der Waals surface area contributed by atoms with Crippen molar-refractivity contribution >= 4 is 7.82 Å². The van der Waals surface area contributed by atoms with Crippen LogP contribution in [0.4, 0.5) is 0 Å². The number of hydrogen-bond donors (Lipinski definition) is 5. The Bertz CT molecular complexity index is 74.3. The van der Waals surface area contributed by atoms with Crippen molar-refractivity contribution in [1.82, 2.24) is 12.3 Å². The fourth-order valence-corrected chi connectivity index (χ4v) is 0. The Hall–Kier alpha value is 0.0300. The van der Waals surface area contributed by atoms with Crippen LogP contribution in [-0.4, -0.2) is 14.7 Å². The van der Waals surface area contributed by atoms with Crippen LogP contribution < -0.4 is 12.3 Å². The zero-order valence-electron chi connectivity index (χ0n) is 6.32. The molecule has 0 aromatic carbocycles. The predicted molar refractivity (Wildman–Crippen MR) is 40.3 cm³/mol. The lowest BCUT2D eigenvalue weighted by atomic mass is 10.6. The standard InChI is InChI=1S/C3H8.2H3N.H3O4P/c1-3-2;;;1-5(2,3)4/h3H2,1-2H3;2*1H3;(H3,1,2,3,4). The van der Waals surface area contributed by atoms with E-state index >= 15 is 0 Å². The van der Waals surface area contributed by atoms with Crippen molar-refractivity contribution in [3.63, 3.8) is 0 Å². The molecule has 0 heterocycles. The second kappa shape index (κ2) is 11.8. The van der Waals surface area contributed by atoms with Crippen LogP contribution in [0.3, 0.4) is 0 Å². The SMILES string of the molecule is CCC.N.N.O=P(O)(O)O. The third-order valence-electron chi connectivity index (χ3n) is 0. The summed E-state index contributed by atoms with van der Waals surface area (Å²) >= 11 is 0. The van der Waals surface area contributed by atoms with Crippen LogP contribution in [-0.2, 0) is 4.57 Å². The van der Waals surface area contributed by atoms with Crippen molar-refractivity contribution in [3.05, 3.63) is 0 Å². The highest BCUT2D eigenvalue weighted by Gasteiger charge is 2.00. The first-order valence-electron chi connectivity index (χ1n) is 2.20. The molecule has 6 nitrogen and oxygen atoms in total. The monoisotopic (exact) mass is 176 g/mol. The van der Waals surface area contributed by atoms with Crippen LogP contribution in [0.15, 0.2) is 0 Å². The molecule has 0 aliphatic rings. The van der Waals surface area contributed by atoms with Gasteiger partial charge in [-0.05, 0) is 0 Å². The summed E-state index contributed by atoms with van der Waals surface area (Å²) in [7, 11) is -4.64. The van der Waals surface area contributed by atoms with Crippen LogP contribution in [0.25, 0.3) is 0 Å². The van der Waals surface area contributed by atoms with Gasteiger partial charge in [0.25, 0.3) is 0 Å². The molecule has 10 heavy (non-hydrogen) atoms. The van der Waals surface area contributed by atoms with Crippen LogP contribution in [0.2, 0.25) is 0 Å². The Morgan fingerprint density at radius 3 is 1.10 bits per heavy atom. The van der Waals surface area contributed by atoms with Crippen LogP contribution >= 0.6 is 7.82 Å². The summed E-state index contributed by atoms with van der Waals surface area (Å²) in [5.41, 5.74) is 0. The van der Waals surface area contributed by atoms with E-state index < -0.39 is 7.82 Å². The smallest absolute Gasteiger partial charge is 0.344 e. The molecule has 0 aromatic heterocycles. The Balaban J connectivity index is -0.0000000326. The van der Waals surface area contributed by atoms with Crippen molar-refractivity contribution in [3.8, 4) is 0 Å². The summed E-state index contributed by atoms with van der Waals surface area (Å²) in [4.78, 5) is 21.6. The molecule has 0 saturated heterocycles. The zero-order valence-corrected chi connectivity index (χ0v) is 7.21. The summed E-state index contributed by atoms with van der Waals surface area (Å²) in [6.45, 7) is 4.25. The van der Waals surface area contributed by atoms with E-state index in [2.05, 4.69) is 13.8 Å². The normalized spacial score (nSPS) is 7.70. The summed E-state index contributed by atoms with van der Waals surface area (Å²) in [5, 5.41) is 0. The summed E-state index contributed by atoms with van der Waals surface area (Å²) in [6.07, 6.45) is 1.25. The van der Waals surface area contributed by atoms with Crippen molar-refractivity contribution in [2.75, 3.05) is 0 Å². The molecule has 0 aromatic rings. The van der Waals surface area contributed by atoms with Crippen molar-refractivity contribution in [2.45, 2.75) is 20.3 Å². The van der Waals surface area contributed by atoms with Crippen LogP contribution in [0.1, 0.15) is 20.3 Å². The Kier molecular flexibility index (Phi) is 26.5. The van der Waals surface area contributed by atoms with Gasteiger partial charge >= 0.3 is 7.82 Å². The van der Waals surface area contributed by atoms with Gasteiger partial charge in [0, 0.05) is 0 Å². The minimum Gasteiger partial charge on any atom is -0.344 e. The Labute approximate surface area is 60.7 Å². The fourth-order valence-electron chi connectivity index (χ4n) is 0. The lowest BCUT2D eigenvalue weighted by Gasteiger charge is -1.82. The maximum Gasteiger partial charge on any atom is 0.466 e. The molecule has 0 aliphatic carbocycles. The molecule has 0 rings (SSSR count). The third-order valence-corrected chi connectivity index (χ3v) is 0. The van der Waals surface area contributed by atoms with Gasteiger partial charge in [0.1, 0.15) is 0 Å². The minimum absolute atomic E-state index is 0. The van der Waals surface area contributed by atoms with E-state index in [0.29, 0.717) is 0 Å². The molecule has 0 bridgehead atoms. The number of rotatable bonds is 0. The maximum absolute atomic E-state index is 8.88. The Morgan fingerprint density at radius 2 is 1.10 bits per heavy atom. The second-order valence-electron chi connectivity index (χ2n) is 1.22. The molecule has 0 radical (unpaired) electrons. The third kappa shape index (κ3) is 441000. The van der Waals surface area contributed by atoms with Gasteiger partial charge in [-0.1, -0.05) is 20.3 Å². The van der Waals surface area contributed by atoms with E-state index in [-0.39, 0.29) is 12.3 Å². The van der Waals surface area contributed by atoms with Crippen LogP contribution in [0, 0.1) is 0 Å². The number of hydrogen-bond acceptors (Lipinski definition) is 3. The molecule has 0 spiro atoms. The topological polar surface area (TPSA) is 148 Å². The lowest BCUT2D eigenvalue weighted by Crippen LogP contribution is -1.66. The summed E-state index contributed by atoms with van der Waals surface area (Å²) in [6, 6.07) is 0. The maximum atomic E-state index is 8.88. The highest BCUT2D eigenvalue weighted by Crippen LogP contribution is 2.25. The largest absolute Gasteiger partial charge is 0.466 e. The molecule has 7 heteroatoms. The van der Waals surface area contributed by atoms with E-state index in [1.807, 2.05) is 0 Å². The highest BCUT2D eigenvalue weighted by molar-refractivity contribution is 7.45. The molecule has 9 N–H and O–H groups in total. The number of phosphoric acid groups is 1. The first-order chi connectivity index (χ1) is 3.41. The lowest BCUT2D eigenvalue weighted by molar-refractivity contribution is 0.275. The van der Waals surface area contributed by atoms with Gasteiger partial charge in [-0.15, -0.1) is 0 Å². The quantitative estimate of drug-likeness (QED) is 0.345. The molecule has 0 atom stereocenters. The predicted octanol–water partition coefficient (Wildman–Crippen LogP) is 0.812. The van der Waals surface area contributed by atoms with Gasteiger partial charge < -0.3 is 27.0 Å². The fraction of sp³-hybridized carbons (Fsp3) is 1.00. The van der Waals surface area contributed by atoms with Gasteiger partial charge in [0.15, 0.2) is 0 Å². The molecule has 0 aliphatic heterocycles. The van der Waals surface area contributed by atoms with E-state index in [9.17, 15) is 0 Å². The molecular weight excluding hydrogens is 159 g/mol. The van der Waals surface area contributed by atoms with Gasteiger partial charge in [0.2, 0.25) is 0 Å². The zero-order chi connectivity index (χ0) is 7.21. The van der Waals surface area contributed by atoms with E-state index in [4.69, 9.17) is 19.2 Å². The van der Waals surface area contributed by atoms with Gasteiger partial charge in [0.05, 0.1) is 0 Å². The average molecular weight is 176 g/mol. The van der Waals surface area contributed by atoms with Gasteiger partial charge in [-0.25, -0.2) is 4.57 Å². The first kappa shape index (κ1) is 22.5. The molecule has 0 amide bonds. The summed E-state index contributed by atoms with van der Waals surface area (Å²) < 4.78 is 8.88. The summed E-state index contributed by atoms with van der Waals surface area (Å²) in [5.74, 6) is 0. The van der Waals surface area contributed by atoms with E-state index in [0.717, 1.165) is 0 Å². The second-order valence-corrected chi connectivity index (χ2v) is 2.25. The van der Waals surface area contributed by atoms with Crippen molar-refractivity contribution in [1.29, 1.82) is 0 Å². The molecular formula is C3H17N2O4P.